The van der Waals surface area contributed by atoms with Gasteiger partial charge in [-0.05, 0) is 24.8 Å². The SMILES string of the molecule is O=C(O)N1CCC(COc2ccc(Cl)nn2)CC1. The van der Waals surface area contributed by atoms with Gasteiger partial charge < -0.3 is 14.7 Å². The third-order valence-electron chi connectivity index (χ3n) is 2.96. The average molecular weight is 272 g/mol. The van der Waals surface area contributed by atoms with Gasteiger partial charge >= 0.3 is 6.09 Å². The van der Waals surface area contributed by atoms with Gasteiger partial charge in [-0.15, -0.1) is 10.2 Å². The van der Waals surface area contributed by atoms with Gasteiger partial charge in [0.05, 0.1) is 6.61 Å². The summed E-state index contributed by atoms with van der Waals surface area (Å²) in [7, 11) is 0. The van der Waals surface area contributed by atoms with Crippen molar-refractivity contribution in [3.8, 4) is 5.88 Å². The minimum atomic E-state index is -0.849. The Labute approximate surface area is 110 Å². The summed E-state index contributed by atoms with van der Waals surface area (Å²) >= 11 is 5.62. The van der Waals surface area contributed by atoms with E-state index < -0.39 is 6.09 Å². The molecule has 1 aliphatic rings. The first-order valence-corrected chi connectivity index (χ1v) is 6.13. The molecule has 98 valence electrons. The minimum Gasteiger partial charge on any atom is -0.476 e. The molecule has 7 heteroatoms. The van der Waals surface area contributed by atoms with Crippen molar-refractivity contribution < 1.29 is 14.6 Å². The smallest absolute Gasteiger partial charge is 0.407 e. The first-order valence-electron chi connectivity index (χ1n) is 5.75. The molecule has 0 bridgehead atoms. The lowest BCUT2D eigenvalue weighted by Crippen LogP contribution is -2.38. The van der Waals surface area contributed by atoms with Gasteiger partial charge in [0.25, 0.3) is 0 Å². The quantitative estimate of drug-likeness (QED) is 0.909. The van der Waals surface area contributed by atoms with Crippen molar-refractivity contribution in [2.45, 2.75) is 12.8 Å². The van der Waals surface area contributed by atoms with Crippen molar-refractivity contribution >= 4 is 17.7 Å². The number of carboxylic acid groups (broad SMARTS) is 1. The second-order valence-electron chi connectivity index (χ2n) is 4.22. The van der Waals surface area contributed by atoms with Crippen LogP contribution in [0, 0.1) is 5.92 Å². The van der Waals surface area contributed by atoms with Crippen LogP contribution in [0.5, 0.6) is 5.88 Å². The maximum Gasteiger partial charge on any atom is 0.407 e. The van der Waals surface area contributed by atoms with Gasteiger partial charge in [-0.1, -0.05) is 11.6 Å². The first-order chi connectivity index (χ1) is 8.65. The molecular weight excluding hydrogens is 258 g/mol. The third kappa shape index (κ3) is 3.46. The summed E-state index contributed by atoms with van der Waals surface area (Å²) < 4.78 is 5.50. The van der Waals surface area contributed by atoms with Crippen molar-refractivity contribution in [2.75, 3.05) is 19.7 Å². The zero-order valence-electron chi connectivity index (χ0n) is 9.75. The zero-order valence-corrected chi connectivity index (χ0v) is 10.5. The maximum atomic E-state index is 10.7. The van der Waals surface area contributed by atoms with Crippen LogP contribution in [0.15, 0.2) is 12.1 Å². The summed E-state index contributed by atoms with van der Waals surface area (Å²) in [5.41, 5.74) is 0. The number of hydrogen-bond acceptors (Lipinski definition) is 4. The molecule has 1 aromatic rings. The van der Waals surface area contributed by atoms with Gasteiger partial charge in [-0.3, -0.25) is 0 Å². The Morgan fingerprint density at radius 3 is 2.72 bits per heavy atom. The van der Waals surface area contributed by atoms with E-state index in [4.69, 9.17) is 21.4 Å². The lowest BCUT2D eigenvalue weighted by Gasteiger charge is -2.29. The standard InChI is InChI=1S/C11H14ClN3O3/c12-9-1-2-10(14-13-9)18-7-8-3-5-15(6-4-8)11(16)17/h1-2,8H,3-7H2,(H,16,17). The zero-order chi connectivity index (χ0) is 13.0. The molecule has 2 heterocycles. The highest BCUT2D eigenvalue weighted by Gasteiger charge is 2.22. The second kappa shape index (κ2) is 5.86. The van der Waals surface area contributed by atoms with E-state index in [9.17, 15) is 4.79 Å². The van der Waals surface area contributed by atoms with Crippen LogP contribution in [-0.4, -0.2) is 46.0 Å². The molecule has 0 aromatic carbocycles. The molecule has 0 atom stereocenters. The number of amides is 1. The van der Waals surface area contributed by atoms with Crippen LogP contribution in [-0.2, 0) is 0 Å². The normalized spacial score (nSPS) is 16.6. The summed E-state index contributed by atoms with van der Waals surface area (Å²) in [6.07, 6.45) is 0.776. The number of carbonyl (C=O) groups is 1. The summed E-state index contributed by atoms with van der Waals surface area (Å²) in [4.78, 5) is 12.2. The molecule has 1 aromatic heterocycles. The highest BCUT2D eigenvalue weighted by Crippen LogP contribution is 2.18. The number of nitrogens with zero attached hydrogens (tertiary/aromatic N) is 3. The monoisotopic (exact) mass is 271 g/mol. The summed E-state index contributed by atoms with van der Waals surface area (Å²) in [5.74, 6) is 0.804. The van der Waals surface area contributed by atoms with Gasteiger partial charge in [0.2, 0.25) is 5.88 Å². The van der Waals surface area contributed by atoms with Crippen molar-refractivity contribution in [3.05, 3.63) is 17.3 Å². The molecule has 2 rings (SSSR count). The molecule has 0 radical (unpaired) electrons. The van der Waals surface area contributed by atoms with Crippen LogP contribution in [0.1, 0.15) is 12.8 Å². The van der Waals surface area contributed by atoms with Crippen LogP contribution < -0.4 is 4.74 Å². The lowest BCUT2D eigenvalue weighted by molar-refractivity contribution is 0.110. The van der Waals surface area contributed by atoms with Crippen LogP contribution in [0.3, 0.4) is 0 Å². The fourth-order valence-electron chi connectivity index (χ4n) is 1.87. The fourth-order valence-corrected chi connectivity index (χ4v) is 1.98. The molecule has 0 aliphatic carbocycles. The van der Waals surface area contributed by atoms with E-state index in [1.165, 1.54) is 4.90 Å². The van der Waals surface area contributed by atoms with E-state index in [0.29, 0.717) is 36.6 Å². The number of rotatable bonds is 3. The molecule has 0 spiro atoms. The van der Waals surface area contributed by atoms with Crippen molar-refractivity contribution in [1.29, 1.82) is 0 Å². The first kappa shape index (κ1) is 12.9. The van der Waals surface area contributed by atoms with Crippen molar-refractivity contribution in [1.82, 2.24) is 15.1 Å². The second-order valence-corrected chi connectivity index (χ2v) is 4.61. The molecule has 1 saturated heterocycles. The van der Waals surface area contributed by atoms with E-state index in [1.54, 1.807) is 12.1 Å². The Morgan fingerprint density at radius 2 is 2.17 bits per heavy atom. The Bertz CT molecular complexity index is 404. The molecule has 1 amide bonds. The Hall–Kier alpha value is -1.56. The third-order valence-corrected chi connectivity index (χ3v) is 3.16. The van der Waals surface area contributed by atoms with Gasteiger partial charge in [0.15, 0.2) is 5.15 Å². The largest absolute Gasteiger partial charge is 0.476 e. The molecule has 6 nitrogen and oxygen atoms in total. The van der Waals surface area contributed by atoms with E-state index >= 15 is 0 Å². The van der Waals surface area contributed by atoms with E-state index in [-0.39, 0.29) is 0 Å². The number of hydrogen-bond donors (Lipinski definition) is 1. The predicted molar refractivity (Wildman–Crippen MR) is 64.9 cm³/mol. The Balaban J connectivity index is 1.75. The average Bonchev–Trinajstić information content (AvgIpc) is 2.38. The number of likely N-dealkylation sites (tertiary alicyclic amines) is 1. The summed E-state index contributed by atoms with van der Waals surface area (Å²) in [6.45, 7) is 1.66. The lowest BCUT2D eigenvalue weighted by atomic mass is 9.98. The molecule has 1 aliphatic heterocycles. The molecule has 0 unspecified atom stereocenters. The van der Waals surface area contributed by atoms with Gasteiger partial charge in [0.1, 0.15) is 0 Å². The molecule has 0 saturated carbocycles. The van der Waals surface area contributed by atoms with E-state index in [2.05, 4.69) is 10.2 Å². The van der Waals surface area contributed by atoms with Crippen molar-refractivity contribution in [3.63, 3.8) is 0 Å². The summed E-state index contributed by atoms with van der Waals surface area (Å²) in [6, 6.07) is 3.29. The number of halogens is 1. The van der Waals surface area contributed by atoms with Gasteiger partial charge in [-0.2, -0.15) is 0 Å². The number of aromatic nitrogens is 2. The summed E-state index contributed by atoms with van der Waals surface area (Å²) in [5, 5.41) is 16.6. The van der Waals surface area contributed by atoms with Crippen LogP contribution in [0.4, 0.5) is 4.79 Å². The Kier molecular flexibility index (Phi) is 4.19. The molecule has 1 fully saturated rings. The molecular formula is C11H14ClN3O3. The minimum absolute atomic E-state index is 0.331. The Morgan fingerprint density at radius 1 is 1.44 bits per heavy atom. The van der Waals surface area contributed by atoms with Crippen LogP contribution >= 0.6 is 11.6 Å². The predicted octanol–water partition coefficient (Wildman–Crippen LogP) is 1.90. The van der Waals surface area contributed by atoms with Crippen molar-refractivity contribution in [2.24, 2.45) is 5.92 Å². The van der Waals surface area contributed by atoms with E-state index in [1.807, 2.05) is 0 Å². The van der Waals surface area contributed by atoms with Crippen LogP contribution in [0.25, 0.3) is 0 Å². The molecule has 18 heavy (non-hydrogen) atoms. The highest BCUT2D eigenvalue weighted by atomic mass is 35.5. The highest BCUT2D eigenvalue weighted by molar-refractivity contribution is 6.29. The molecule has 1 N–H and O–H groups in total. The van der Waals surface area contributed by atoms with Gasteiger partial charge in [0, 0.05) is 19.2 Å². The topological polar surface area (TPSA) is 75.5 Å². The van der Waals surface area contributed by atoms with Crippen LogP contribution in [0.2, 0.25) is 5.15 Å². The van der Waals surface area contributed by atoms with Gasteiger partial charge in [-0.25, -0.2) is 4.79 Å². The van der Waals surface area contributed by atoms with E-state index in [0.717, 1.165) is 12.8 Å². The number of ether oxygens (including phenoxy) is 1. The number of piperidine rings is 1. The maximum absolute atomic E-state index is 10.7. The fraction of sp³-hybridized carbons (Fsp3) is 0.545.